The molecule has 0 aliphatic carbocycles. The number of rotatable bonds is 11. The molecule has 2 aliphatic heterocycles. The number of carbonyl (C=O) groups excluding carboxylic acids is 1. The Hall–Kier alpha value is -3.45. The lowest BCUT2D eigenvalue weighted by Gasteiger charge is -2.37. The van der Waals surface area contributed by atoms with Crippen LogP contribution in [0.2, 0.25) is 5.02 Å². The minimum Gasteiger partial charge on any atom is -0.489 e. The second kappa shape index (κ2) is 13.3. The van der Waals surface area contributed by atoms with Gasteiger partial charge in [0.25, 0.3) is 5.91 Å². The number of amides is 1. The Bertz CT molecular complexity index is 1630. The summed E-state index contributed by atoms with van der Waals surface area (Å²) in [5, 5.41) is 15.2. The lowest BCUT2D eigenvalue weighted by atomic mass is 10.0. The van der Waals surface area contributed by atoms with Gasteiger partial charge in [-0.3, -0.25) is 9.69 Å². The molecule has 0 bridgehead atoms. The number of fused-ring (bicyclic) bond motifs is 1. The third-order valence-corrected chi connectivity index (χ3v) is 10.3. The van der Waals surface area contributed by atoms with Crippen molar-refractivity contribution in [1.29, 1.82) is 0 Å². The van der Waals surface area contributed by atoms with Crippen LogP contribution in [0.5, 0.6) is 5.75 Å². The van der Waals surface area contributed by atoms with Gasteiger partial charge in [0.15, 0.2) is 15.7 Å². The fraction of sp³-hybridized carbons (Fsp3) is 0.452. The summed E-state index contributed by atoms with van der Waals surface area (Å²) < 4.78 is 32.1. The van der Waals surface area contributed by atoms with E-state index in [9.17, 15) is 18.3 Å². The third kappa shape index (κ3) is 6.78. The van der Waals surface area contributed by atoms with Crippen LogP contribution < -0.4 is 15.4 Å². The van der Waals surface area contributed by atoms with Gasteiger partial charge in [0, 0.05) is 31.2 Å². The third-order valence-electron chi connectivity index (χ3n) is 7.80. The van der Waals surface area contributed by atoms with Crippen LogP contribution in [-0.4, -0.2) is 82.8 Å². The average molecular weight is 643 g/mol. The second-order valence-electron chi connectivity index (χ2n) is 11.7. The monoisotopic (exact) mass is 642 g/mol. The van der Waals surface area contributed by atoms with Crippen LogP contribution in [0, 0.1) is 0 Å². The highest BCUT2D eigenvalue weighted by atomic mass is 35.5. The molecular formula is C31H39ClN6O5S. The summed E-state index contributed by atoms with van der Waals surface area (Å²) >= 11 is 6.44. The van der Waals surface area contributed by atoms with E-state index in [1.807, 2.05) is 24.8 Å². The van der Waals surface area contributed by atoms with Gasteiger partial charge in [-0.15, -0.1) is 0 Å². The van der Waals surface area contributed by atoms with Gasteiger partial charge >= 0.3 is 0 Å². The van der Waals surface area contributed by atoms with Crippen LogP contribution in [0.1, 0.15) is 56.5 Å². The number of piperidine rings is 1. The van der Waals surface area contributed by atoms with Crippen molar-refractivity contribution in [3.63, 3.8) is 0 Å². The predicted molar refractivity (Wildman–Crippen MR) is 171 cm³/mol. The van der Waals surface area contributed by atoms with Gasteiger partial charge < -0.3 is 25.4 Å². The number of halogens is 1. The maximum atomic E-state index is 13.6. The number of carbonyl (C=O) groups is 1. The molecule has 0 unspecified atom stereocenters. The van der Waals surface area contributed by atoms with Crippen molar-refractivity contribution in [2.45, 2.75) is 69.4 Å². The SMILES string of the molecule is CC(C)Oc1cc2c(cc1Nc1ncc(Cl)c(Nc3ccccc3S(=O)(=O)C(C)C)n1)C(=O)N([C@@H]1CCCN(CCO)C1)C2. The normalized spacial score (nSPS) is 17.3. The number of sulfone groups is 1. The molecule has 1 fully saturated rings. The number of aliphatic hydroxyl groups is 1. The van der Waals surface area contributed by atoms with Gasteiger partial charge in [0.1, 0.15) is 10.8 Å². The first-order valence-electron chi connectivity index (χ1n) is 14.8. The Kier molecular flexibility index (Phi) is 9.64. The number of aromatic nitrogens is 2. The maximum Gasteiger partial charge on any atom is 0.254 e. The molecule has 11 nitrogen and oxygen atoms in total. The number of aliphatic hydroxyl groups excluding tert-OH is 1. The van der Waals surface area contributed by atoms with E-state index in [0.29, 0.717) is 35.8 Å². The Balaban J connectivity index is 1.43. The van der Waals surface area contributed by atoms with Crippen molar-refractivity contribution < 1.29 is 23.1 Å². The standard InChI is InChI=1S/C31H39ClN6O5S/c1-19(2)43-27-14-21-17-38(22-8-7-11-37(18-22)12-13-39)30(40)23(21)15-26(27)35-31-33-16-24(32)29(36-31)34-25-9-5-6-10-28(25)44(41,42)20(3)4/h5-6,9-10,14-16,19-20,22,39H,7-8,11-13,17-18H2,1-4H3,(H2,33,34,35,36)/t22-/m1/s1. The molecule has 1 amide bonds. The number of para-hydroxylation sites is 1. The largest absolute Gasteiger partial charge is 0.489 e. The smallest absolute Gasteiger partial charge is 0.254 e. The van der Waals surface area contributed by atoms with E-state index in [2.05, 4.69) is 25.5 Å². The van der Waals surface area contributed by atoms with Crippen molar-refractivity contribution >= 4 is 50.5 Å². The van der Waals surface area contributed by atoms with Crippen molar-refractivity contribution in [3.05, 3.63) is 58.7 Å². The number of benzene rings is 2. The van der Waals surface area contributed by atoms with Crippen LogP contribution in [0.4, 0.5) is 23.1 Å². The lowest BCUT2D eigenvalue weighted by Crippen LogP contribution is -2.48. The number of ether oxygens (including phenoxy) is 1. The van der Waals surface area contributed by atoms with E-state index in [1.165, 1.54) is 6.20 Å². The maximum absolute atomic E-state index is 13.6. The molecule has 0 saturated carbocycles. The van der Waals surface area contributed by atoms with Gasteiger partial charge in [-0.25, -0.2) is 13.4 Å². The van der Waals surface area contributed by atoms with Gasteiger partial charge in [-0.2, -0.15) is 4.98 Å². The number of β-amino-alcohol motifs (C(OH)–C–C–N with tert-alkyl or cyclic N) is 1. The molecule has 3 aromatic rings. The summed E-state index contributed by atoms with van der Waals surface area (Å²) in [6.07, 6.45) is 3.17. The van der Waals surface area contributed by atoms with Crippen molar-refractivity contribution in [2.24, 2.45) is 0 Å². The van der Waals surface area contributed by atoms with Crippen molar-refractivity contribution in [1.82, 2.24) is 19.8 Å². The summed E-state index contributed by atoms with van der Waals surface area (Å²) in [5.74, 6) is 0.914. The minimum absolute atomic E-state index is 0.0441. The fourth-order valence-corrected chi connectivity index (χ4v) is 6.91. The zero-order chi connectivity index (χ0) is 31.6. The van der Waals surface area contributed by atoms with Gasteiger partial charge in [-0.05, 0) is 76.9 Å². The average Bonchev–Trinajstić information content (AvgIpc) is 3.30. The number of anilines is 4. The van der Waals surface area contributed by atoms with Crippen LogP contribution in [-0.2, 0) is 16.4 Å². The molecule has 2 aliphatic rings. The first-order valence-corrected chi connectivity index (χ1v) is 16.8. The number of hydrogen-bond acceptors (Lipinski definition) is 10. The van der Waals surface area contributed by atoms with Gasteiger partial charge in [0.05, 0.1) is 40.4 Å². The van der Waals surface area contributed by atoms with Gasteiger partial charge in [-0.1, -0.05) is 23.7 Å². The molecule has 1 atom stereocenters. The topological polar surface area (TPSA) is 137 Å². The van der Waals surface area contributed by atoms with E-state index < -0.39 is 15.1 Å². The van der Waals surface area contributed by atoms with Crippen molar-refractivity contribution in [3.8, 4) is 5.75 Å². The molecule has 0 radical (unpaired) electrons. The molecule has 13 heteroatoms. The highest BCUT2D eigenvalue weighted by Crippen LogP contribution is 2.38. The summed E-state index contributed by atoms with van der Waals surface area (Å²) in [7, 11) is -3.58. The number of nitrogens with one attached hydrogen (secondary N) is 2. The molecule has 236 valence electrons. The second-order valence-corrected chi connectivity index (χ2v) is 14.5. The van der Waals surface area contributed by atoms with E-state index in [4.69, 9.17) is 16.3 Å². The fourth-order valence-electron chi connectivity index (χ4n) is 5.57. The summed E-state index contributed by atoms with van der Waals surface area (Å²) in [5.41, 5.74) is 2.34. The molecule has 2 aromatic carbocycles. The molecule has 3 N–H and O–H groups in total. The molecule has 0 spiro atoms. The van der Waals surface area contributed by atoms with Crippen LogP contribution in [0.3, 0.4) is 0 Å². The van der Waals surface area contributed by atoms with Crippen molar-refractivity contribution in [2.75, 3.05) is 36.9 Å². The lowest BCUT2D eigenvalue weighted by molar-refractivity contribution is 0.0544. The molecule has 3 heterocycles. The molecular weight excluding hydrogens is 604 g/mol. The minimum atomic E-state index is -3.58. The van der Waals surface area contributed by atoms with Crippen LogP contribution in [0.15, 0.2) is 47.5 Å². The summed E-state index contributed by atoms with van der Waals surface area (Å²) in [6, 6.07) is 10.3. The van der Waals surface area contributed by atoms with E-state index in [-0.39, 0.29) is 46.3 Å². The Morgan fingerprint density at radius 1 is 1.14 bits per heavy atom. The van der Waals surface area contributed by atoms with E-state index in [1.54, 1.807) is 44.2 Å². The van der Waals surface area contributed by atoms with Crippen LogP contribution >= 0.6 is 11.6 Å². The van der Waals surface area contributed by atoms with E-state index >= 15 is 0 Å². The number of likely N-dealkylation sites (tertiary alicyclic amines) is 1. The molecule has 1 saturated heterocycles. The Morgan fingerprint density at radius 3 is 2.64 bits per heavy atom. The zero-order valence-corrected chi connectivity index (χ0v) is 27.0. The molecule has 44 heavy (non-hydrogen) atoms. The summed E-state index contributed by atoms with van der Waals surface area (Å²) in [4.78, 5) is 26.8. The highest BCUT2D eigenvalue weighted by molar-refractivity contribution is 7.92. The molecule has 1 aromatic heterocycles. The Labute approximate surface area is 263 Å². The van der Waals surface area contributed by atoms with E-state index in [0.717, 1.165) is 31.5 Å². The number of nitrogens with zero attached hydrogens (tertiary/aromatic N) is 4. The first-order chi connectivity index (χ1) is 21.0. The van der Waals surface area contributed by atoms with Gasteiger partial charge in [0.2, 0.25) is 5.95 Å². The quantitative estimate of drug-likeness (QED) is 0.262. The first kappa shape index (κ1) is 32.0. The zero-order valence-electron chi connectivity index (χ0n) is 25.4. The van der Waals surface area contributed by atoms with Crippen LogP contribution in [0.25, 0.3) is 0 Å². The summed E-state index contributed by atoms with van der Waals surface area (Å²) in [6.45, 7) is 9.95. The number of hydrogen-bond donors (Lipinski definition) is 3. The predicted octanol–water partition coefficient (Wildman–Crippen LogP) is 5.00. The molecule has 5 rings (SSSR count). The Morgan fingerprint density at radius 2 is 1.91 bits per heavy atom. The highest BCUT2D eigenvalue weighted by Gasteiger charge is 2.36.